The number of sulfonamides is 1. The summed E-state index contributed by atoms with van der Waals surface area (Å²) >= 11 is 0. The second-order valence-electron chi connectivity index (χ2n) is 6.84. The van der Waals surface area contributed by atoms with Crippen molar-refractivity contribution in [3.8, 4) is 11.5 Å². The number of methoxy groups -OCH3 is 2. The van der Waals surface area contributed by atoms with Gasteiger partial charge >= 0.3 is 0 Å². The molecule has 0 spiro atoms. The zero-order valence-corrected chi connectivity index (χ0v) is 17.6. The number of nitrogens with zero attached hydrogens (tertiary/aromatic N) is 3. The Bertz CT molecular complexity index is 950. The van der Waals surface area contributed by atoms with Gasteiger partial charge < -0.3 is 19.4 Å². The molecule has 1 N–H and O–H groups in total. The van der Waals surface area contributed by atoms with E-state index in [4.69, 9.17) is 9.47 Å². The number of hydrogen-bond donors (Lipinski definition) is 1. The summed E-state index contributed by atoms with van der Waals surface area (Å²) in [6.45, 7) is 3.04. The minimum absolute atomic E-state index is 0.0120. The molecule has 2 aromatic rings. The number of amides is 1. The van der Waals surface area contributed by atoms with Crippen molar-refractivity contribution in [1.82, 2.24) is 13.9 Å². The highest BCUT2D eigenvalue weighted by atomic mass is 32.2. The van der Waals surface area contributed by atoms with Crippen LogP contribution in [0, 0.1) is 5.92 Å². The lowest BCUT2D eigenvalue weighted by Crippen LogP contribution is -2.43. The summed E-state index contributed by atoms with van der Waals surface area (Å²) in [4.78, 5) is 16.8. The third-order valence-corrected chi connectivity index (χ3v) is 6.70. The normalized spacial score (nSPS) is 17.7. The highest BCUT2D eigenvalue weighted by Crippen LogP contribution is 2.28. The van der Waals surface area contributed by atoms with Crippen LogP contribution in [0.5, 0.6) is 11.5 Å². The lowest BCUT2D eigenvalue weighted by molar-refractivity contribution is -0.120. The predicted molar refractivity (Wildman–Crippen MR) is 108 cm³/mol. The minimum atomic E-state index is -3.73. The predicted octanol–water partition coefficient (Wildman–Crippen LogP) is 1.96. The number of aromatic nitrogens is 2. The van der Waals surface area contributed by atoms with Crippen molar-refractivity contribution in [2.45, 2.75) is 31.3 Å². The van der Waals surface area contributed by atoms with Crippen molar-refractivity contribution in [2.24, 2.45) is 5.92 Å². The van der Waals surface area contributed by atoms with Gasteiger partial charge in [0.1, 0.15) is 11.5 Å². The molecule has 1 unspecified atom stereocenters. The Balaban J connectivity index is 1.72. The third-order valence-electron chi connectivity index (χ3n) is 4.95. The number of rotatable bonds is 7. The lowest BCUT2D eigenvalue weighted by atomic mass is 9.98. The van der Waals surface area contributed by atoms with Crippen LogP contribution in [0.4, 0.5) is 5.69 Å². The Morgan fingerprint density at radius 3 is 2.52 bits per heavy atom. The number of carbonyl (C=O) groups is 1. The van der Waals surface area contributed by atoms with Gasteiger partial charge in [0.2, 0.25) is 5.91 Å². The molecule has 2 heterocycles. The molecular weight excluding hydrogens is 396 g/mol. The molecule has 1 amide bonds. The van der Waals surface area contributed by atoms with E-state index in [9.17, 15) is 13.2 Å². The molecule has 0 radical (unpaired) electrons. The number of ether oxygens (including phenoxy) is 2. The smallest absolute Gasteiger partial charge is 0.262 e. The molecule has 1 saturated heterocycles. The van der Waals surface area contributed by atoms with Crippen LogP contribution >= 0.6 is 0 Å². The second kappa shape index (κ2) is 8.83. The van der Waals surface area contributed by atoms with Crippen LogP contribution in [0.3, 0.4) is 0 Å². The third kappa shape index (κ3) is 4.70. The van der Waals surface area contributed by atoms with Crippen LogP contribution in [0.25, 0.3) is 0 Å². The van der Waals surface area contributed by atoms with Crippen molar-refractivity contribution < 1.29 is 22.7 Å². The number of benzene rings is 1. The molecule has 29 heavy (non-hydrogen) atoms. The fourth-order valence-electron chi connectivity index (χ4n) is 3.28. The molecule has 0 aliphatic carbocycles. The van der Waals surface area contributed by atoms with Crippen LogP contribution in [0.15, 0.2) is 35.7 Å². The molecule has 1 aliphatic heterocycles. The summed E-state index contributed by atoms with van der Waals surface area (Å²) in [6, 6.07) is 5.09. The average Bonchev–Trinajstić information content (AvgIpc) is 3.23. The summed E-state index contributed by atoms with van der Waals surface area (Å²) in [7, 11) is -0.667. The molecule has 1 aromatic carbocycles. The largest absolute Gasteiger partial charge is 0.497 e. The molecule has 158 valence electrons. The first-order valence-electron chi connectivity index (χ1n) is 9.43. The van der Waals surface area contributed by atoms with Gasteiger partial charge in [-0.15, -0.1) is 0 Å². The number of nitrogens with one attached hydrogen (secondary N) is 1. The number of hydrogen-bond acceptors (Lipinski definition) is 6. The first-order chi connectivity index (χ1) is 13.9. The van der Waals surface area contributed by atoms with Gasteiger partial charge in [0.15, 0.2) is 5.03 Å². The molecular formula is C19H26N4O5S. The van der Waals surface area contributed by atoms with Gasteiger partial charge in [0, 0.05) is 49.7 Å². The summed E-state index contributed by atoms with van der Waals surface area (Å²) in [5, 5.41) is 2.86. The molecule has 9 nitrogen and oxygen atoms in total. The maximum atomic E-state index is 12.9. The number of anilines is 1. The molecule has 3 rings (SSSR count). The van der Waals surface area contributed by atoms with Crippen LogP contribution < -0.4 is 14.8 Å². The second-order valence-corrected chi connectivity index (χ2v) is 8.72. The molecule has 0 bridgehead atoms. The molecule has 1 atom stereocenters. The zero-order chi connectivity index (χ0) is 21.0. The fourth-order valence-corrected chi connectivity index (χ4v) is 4.74. The first-order valence-corrected chi connectivity index (χ1v) is 10.9. The minimum Gasteiger partial charge on any atom is -0.497 e. The van der Waals surface area contributed by atoms with Gasteiger partial charge in [-0.3, -0.25) is 4.79 Å². The Morgan fingerprint density at radius 1 is 1.24 bits per heavy atom. The van der Waals surface area contributed by atoms with E-state index in [1.807, 2.05) is 6.92 Å². The maximum Gasteiger partial charge on any atom is 0.262 e. The van der Waals surface area contributed by atoms with Crippen molar-refractivity contribution >= 4 is 21.6 Å². The van der Waals surface area contributed by atoms with Crippen LogP contribution in [0.2, 0.25) is 0 Å². The molecule has 1 fully saturated rings. The van der Waals surface area contributed by atoms with Gasteiger partial charge in [-0.05, 0) is 19.8 Å². The van der Waals surface area contributed by atoms with E-state index in [2.05, 4.69) is 10.3 Å². The van der Waals surface area contributed by atoms with Gasteiger partial charge in [-0.1, -0.05) is 0 Å². The Hall–Kier alpha value is -2.59. The lowest BCUT2D eigenvalue weighted by Gasteiger charge is -2.30. The molecule has 1 aromatic heterocycles. The van der Waals surface area contributed by atoms with Crippen LogP contribution in [-0.2, 0) is 21.4 Å². The summed E-state index contributed by atoms with van der Waals surface area (Å²) in [6.07, 6.45) is 4.23. The standard InChI is InChI=1S/C19H26N4O5S/c1-4-22-12-18(20-13-22)29(25,26)23-7-5-6-14(11-23)19(24)21-15-8-16(27-2)10-17(9-15)28-3/h8-10,12-14H,4-7,11H2,1-3H3,(H,21,24). The molecule has 10 heteroatoms. The van der Waals surface area contributed by atoms with Crippen molar-refractivity contribution in [3.63, 3.8) is 0 Å². The SMILES string of the molecule is CCn1cnc(S(=O)(=O)N2CCCC(C(=O)Nc3cc(OC)cc(OC)c3)C2)c1. The number of carbonyl (C=O) groups excluding carboxylic acids is 1. The zero-order valence-electron chi connectivity index (χ0n) is 16.8. The topological polar surface area (TPSA) is 103 Å². The first kappa shape index (κ1) is 21.1. The van der Waals surface area contributed by atoms with Gasteiger partial charge in [0.05, 0.1) is 26.5 Å². The van der Waals surface area contributed by atoms with E-state index < -0.39 is 15.9 Å². The number of aryl methyl sites for hydroxylation is 1. The van der Waals surface area contributed by atoms with Crippen molar-refractivity contribution in [3.05, 3.63) is 30.7 Å². The summed E-state index contributed by atoms with van der Waals surface area (Å²) in [5.41, 5.74) is 0.535. The maximum absolute atomic E-state index is 12.9. The number of imidazole rings is 1. The van der Waals surface area contributed by atoms with Crippen LogP contribution in [0.1, 0.15) is 19.8 Å². The van der Waals surface area contributed by atoms with Gasteiger partial charge in [-0.2, -0.15) is 4.31 Å². The average molecular weight is 423 g/mol. The van der Waals surface area contributed by atoms with E-state index in [0.29, 0.717) is 43.1 Å². The molecule has 1 aliphatic rings. The Labute approximate surface area is 170 Å². The van der Waals surface area contributed by atoms with Crippen molar-refractivity contribution in [2.75, 3.05) is 32.6 Å². The number of piperidine rings is 1. The Morgan fingerprint density at radius 2 is 1.93 bits per heavy atom. The highest BCUT2D eigenvalue weighted by molar-refractivity contribution is 7.89. The summed E-state index contributed by atoms with van der Waals surface area (Å²) in [5.74, 6) is 0.418. The van der Waals surface area contributed by atoms with Gasteiger partial charge in [0.25, 0.3) is 10.0 Å². The van der Waals surface area contributed by atoms with E-state index in [0.717, 1.165) is 0 Å². The quantitative estimate of drug-likeness (QED) is 0.732. The van der Waals surface area contributed by atoms with E-state index in [-0.39, 0.29) is 17.5 Å². The molecule has 0 saturated carbocycles. The van der Waals surface area contributed by atoms with E-state index in [1.165, 1.54) is 31.0 Å². The fraction of sp³-hybridized carbons (Fsp3) is 0.474. The summed E-state index contributed by atoms with van der Waals surface area (Å²) < 4.78 is 39.3. The van der Waals surface area contributed by atoms with Crippen molar-refractivity contribution in [1.29, 1.82) is 0 Å². The Kier molecular flexibility index (Phi) is 6.43. The van der Waals surface area contributed by atoms with E-state index >= 15 is 0 Å². The van der Waals surface area contributed by atoms with Crippen LogP contribution in [-0.4, -0.2) is 55.5 Å². The highest BCUT2D eigenvalue weighted by Gasteiger charge is 2.34. The van der Waals surface area contributed by atoms with E-state index in [1.54, 1.807) is 22.8 Å². The van der Waals surface area contributed by atoms with Gasteiger partial charge in [-0.25, -0.2) is 13.4 Å². The monoisotopic (exact) mass is 422 g/mol.